The van der Waals surface area contributed by atoms with Gasteiger partial charge in [-0.25, -0.2) is 4.79 Å². The van der Waals surface area contributed by atoms with Gasteiger partial charge in [0.1, 0.15) is 0 Å². The van der Waals surface area contributed by atoms with E-state index in [2.05, 4.69) is 17.0 Å². The van der Waals surface area contributed by atoms with Gasteiger partial charge >= 0.3 is 5.97 Å². The second kappa shape index (κ2) is 9.08. The number of benzene rings is 2. The molecule has 0 amide bonds. The minimum Gasteiger partial charge on any atom is -0.465 e. The summed E-state index contributed by atoms with van der Waals surface area (Å²) in [5.74, 6) is -0.307. The van der Waals surface area contributed by atoms with Gasteiger partial charge in [0, 0.05) is 26.7 Å². The Hall–Kier alpha value is -2.17. The lowest BCUT2D eigenvalue weighted by Gasteiger charge is -2.22. The van der Waals surface area contributed by atoms with Crippen LogP contribution in [0, 0.1) is 0 Å². The lowest BCUT2D eigenvalue weighted by atomic mass is 10.1. The Kier molecular flexibility index (Phi) is 6.78. The molecule has 0 fully saturated rings. The van der Waals surface area contributed by atoms with Crippen LogP contribution < -0.4 is 0 Å². The first-order chi connectivity index (χ1) is 11.2. The average Bonchev–Trinajstić information content (AvgIpc) is 2.60. The zero-order valence-corrected chi connectivity index (χ0v) is 13.7. The van der Waals surface area contributed by atoms with E-state index in [4.69, 9.17) is 9.47 Å². The molecule has 0 aliphatic rings. The molecule has 0 saturated heterocycles. The third kappa shape index (κ3) is 5.51. The van der Waals surface area contributed by atoms with Gasteiger partial charge in [0.25, 0.3) is 0 Å². The number of carbonyl (C=O) groups is 1. The summed E-state index contributed by atoms with van der Waals surface area (Å²) in [6.07, 6.45) is 0. The summed E-state index contributed by atoms with van der Waals surface area (Å²) >= 11 is 0. The van der Waals surface area contributed by atoms with E-state index in [9.17, 15) is 4.79 Å². The van der Waals surface area contributed by atoms with Crippen LogP contribution in [-0.2, 0) is 22.6 Å². The number of ether oxygens (including phenoxy) is 2. The van der Waals surface area contributed by atoms with Gasteiger partial charge in [0.15, 0.2) is 0 Å². The quantitative estimate of drug-likeness (QED) is 0.702. The molecule has 122 valence electrons. The molecule has 23 heavy (non-hydrogen) atoms. The third-order valence-corrected chi connectivity index (χ3v) is 3.61. The second-order valence-corrected chi connectivity index (χ2v) is 5.38. The van der Waals surface area contributed by atoms with Crippen LogP contribution in [0.3, 0.4) is 0 Å². The molecule has 4 heteroatoms. The molecule has 0 heterocycles. The lowest BCUT2D eigenvalue weighted by molar-refractivity contribution is 0.0600. The maximum absolute atomic E-state index is 11.7. The summed E-state index contributed by atoms with van der Waals surface area (Å²) in [5.41, 5.74) is 2.92. The molecule has 0 N–H and O–H groups in total. The molecule has 0 bridgehead atoms. The number of nitrogens with zero attached hydrogens (tertiary/aromatic N) is 1. The number of methoxy groups -OCH3 is 2. The monoisotopic (exact) mass is 313 g/mol. The molecule has 0 radical (unpaired) electrons. The Labute approximate surface area is 137 Å². The normalized spacial score (nSPS) is 10.7. The summed E-state index contributed by atoms with van der Waals surface area (Å²) in [7, 11) is 3.11. The maximum Gasteiger partial charge on any atom is 0.337 e. The fourth-order valence-electron chi connectivity index (χ4n) is 2.45. The van der Waals surface area contributed by atoms with Crippen molar-refractivity contribution in [2.75, 3.05) is 27.4 Å². The Morgan fingerprint density at radius 1 is 0.957 bits per heavy atom. The van der Waals surface area contributed by atoms with Crippen molar-refractivity contribution in [3.8, 4) is 0 Å². The molecule has 0 atom stereocenters. The van der Waals surface area contributed by atoms with E-state index < -0.39 is 0 Å². The van der Waals surface area contributed by atoms with Crippen molar-refractivity contribution in [2.24, 2.45) is 0 Å². The summed E-state index contributed by atoms with van der Waals surface area (Å²) in [6, 6.07) is 17.9. The number of hydrogen-bond donors (Lipinski definition) is 0. The van der Waals surface area contributed by atoms with Crippen molar-refractivity contribution in [3.63, 3.8) is 0 Å². The predicted molar refractivity (Wildman–Crippen MR) is 90.2 cm³/mol. The number of rotatable bonds is 8. The predicted octanol–water partition coefficient (Wildman–Crippen LogP) is 3.12. The highest BCUT2D eigenvalue weighted by Gasteiger charge is 2.10. The molecule has 0 aromatic heterocycles. The van der Waals surface area contributed by atoms with Crippen LogP contribution in [0.2, 0.25) is 0 Å². The van der Waals surface area contributed by atoms with Crippen LogP contribution in [0.25, 0.3) is 0 Å². The highest BCUT2D eigenvalue weighted by atomic mass is 16.5. The molecule has 0 spiro atoms. The molecule has 0 aliphatic heterocycles. The average molecular weight is 313 g/mol. The van der Waals surface area contributed by atoms with Crippen molar-refractivity contribution in [2.45, 2.75) is 13.1 Å². The van der Waals surface area contributed by atoms with Crippen molar-refractivity contribution < 1.29 is 14.3 Å². The Morgan fingerprint density at radius 2 is 1.65 bits per heavy atom. The van der Waals surface area contributed by atoms with Gasteiger partial charge in [-0.2, -0.15) is 0 Å². The van der Waals surface area contributed by atoms with Gasteiger partial charge in [0.05, 0.1) is 19.3 Å². The lowest BCUT2D eigenvalue weighted by Crippen LogP contribution is -2.26. The molecule has 0 aliphatic carbocycles. The first kappa shape index (κ1) is 17.2. The van der Waals surface area contributed by atoms with E-state index in [0.717, 1.165) is 25.2 Å². The summed E-state index contributed by atoms with van der Waals surface area (Å²) in [5, 5.41) is 0. The van der Waals surface area contributed by atoms with Crippen molar-refractivity contribution in [1.29, 1.82) is 0 Å². The van der Waals surface area contributed by atoms with E-state index in [1.54, 1.807) is 13.2 Å². The summed E-state index contributed by atoms with van der Waals surface area (Å²) < 4.78 is 10.00. The van der Waals surface area contributed by atoms with Crippen LogP contribution in [0.15, 0.2) is 54.6 Å². The van der Waals surface area contributed by atoms with Crippen LogP contribution in [0.4, 0.5) is 0 Å². The smallest absolute Gasteiger partial charge is 0.337 e. The number of esters is 1. The molecule has 2 rings (SSSR count). The molecular formula is C19H23NO3. The molecule has 2 aromatic carbocycles. The van der Waals surface area contributed by atoms with Crippen molar-refractivity contribution in [1.82, 2.24) is 4.90 Å². The van der Waals surface area contributed by atoms with Crippen molar-refractivity contribution >= 4 is 5.97 Å². The number of carbonyl (C=O) groups excluding carboxylic acids is 1. The van der Waals surface area contributed by atoms with E-state index in [-0.39, 0.29) is 5.97 Å². The second-order valence-electron chi connectivity index (χ2n) is 5.38. The minimum absolute atomic E-state index is 0.307. The first-order valence-corrected chi connectivity index (χ1v) is 7.65. The highest BCUT2D eigenvalue weighted by Crippen LogP contribution is 2.12. The standard InChI is InChI=1S/C19H23NO3/c1-22-12-11-20(14-16-7-4-3-5-8-16)15-17-9-6-10-18(13-17)19(21)23-2/h3-10,13H,11-12,14-15H2,1-2H3. The van der Waals surface area contributed by atoms with Gasteiger partial charge in [-0.05, 0) is 23.3 Å². The first-order valence-electron chi connectivity index (χ1n) is 7.65. The fraction of sp³-hybridized carbons (Fsp3) is 0.316. The summed E-state index contributed by atoms with van der Waals surface area (Å²) in [4.78, 5) is 14.0. The fourth-order valence-corrected chi connectivity index (χ4v) is 2.45. The Balaban J connectivity index is 2.09. The number of hydrogen-bond acceptors (Lipinski definition) is 4. The SMILES string of the molecule is COCCN(Cc1ccccc1)Cc1cccc(C(=O)OC)c1. The molecule has 4 nitrogen and oxygen atoms in total. The molecular weight excluding hydrogens is 290 g/mol. The zero-order chi connectivity index (χ0) is 16.5. The highest BCUT2D eigenvalue weighted by molar-refractivity contribution is 5.89. The third-order valence-electron chi connectivity index (χ3n) is 3.61. The molecule has 0 unspecified atom stereocenters. The van der Waals surface area contributed by atoms with Gasteiger partial charge < -0.3 is 9.47 Å². The minimum atomic E-state index is -0.307. The van der Waals surface area contributed by atoms with Crippen LogP contribution in [0.5, 0.6) is 0 Å². The van der Waals surface area contributed by atoms with Gasteiger partial charge in [-0.3, -0.25) is 4.90 Å². The molecule has 0 saturated carbocycles. The maximum atomic E-state index is 11.7. The van der Waals surface area contributed by atoms with Gasteiger partial charge in [-0.1, -0.05) is 42.5 Å². The zero-order valence-electron chi connectivity index (χ0n) is 13.7. The topological polar surface area (TPSA) is 38.8 Å². The van der Waals surface area contributed by atoms with Crippen LogP contribution in [0.1, 0.15) is 21.5 Å². The van der Waals surface area contributed by atoms with Gasteiger partial charge in [0.2, 0.25) is 0 Å². The molecule has 2 aromatic rings. The Bertz CT molecular complexity index is 613. The largest absolute Gasteiger partial charge is 0.465 e. The van der Waals surface area contributed by atoms with Crippen molar-refractivity contribution in [3.05, 3.63) is 71.3 Å². The van der Waals surface area contributed by atoms with E-state index in [0.29, 0.717) is 12.2 Å². The van der Waals surface area contributed by atoms with Crippen LogP contribution in [-0.4, -0.2) is 38.2 Å². The van der Waals surface area contributed by atoms with E-state index >= 15 is 0 Å². The van der Waals surface area contributed by atoms with E-state index in [1.165, 1.54) is 12.7 Å². The van der Waals surface area contributed by atoms with E-state index in [1.807, 2.05) is 36.4 Å². The van der Waals surface area contributed by atoms with Gasteiger partial charge in [-0.15, -0.1) is 0 Å². The summed E-state index contributed by atoms with van der Waals surface area (Å²) in [6.45, 7) is 3.09. The van der Waals surface area contributed by atoms with Crippen LogP contribution >= 0.6 is 0 Å². The Morgan fingerprint density at radius 3 is 2.35 bits per heavy atom.